The van der Waals surface area contributed by atoms with Gasteiger partial charge in [0.1, 0.15) is 0 Å². The summed E-state index contributed by atoms with van der Waals surface area (Å²) >= 11 is 5.95. The second-order valence-corrected chi connectivity index (χ2v) is 5.63. The third kappa shape index (κ3) is 5.54. The molecule has 0 saturated heterocycles. The molecule has 23 heavy (non-hydrogen) atoms. The molecule has 0 aliphatic carbocycles. The van der Waals surface area contributed by atoms with E-state index in [1.54, 1.807) is 0 Å². The van der Waals surface area contributed by atoms with E-state index in [-0.39, 0.29) is 23.0 Å². The lowest BCUT2D eigenvalue weighted by Crippen LogP contribution is -2.46. The number of esters is 1. The molecule has 0 aliphatic rings. The van der Waals surface area contributed by atoms with E-state index in [1.165, 1.54) is 25.3 Å². The van der Waals surface area contributed by atoms with Crippen LogP contribution in [0, 0.1) is 5.92 Å². The molecule has 1 aromatic rings. The summed E-state index contributed by atoms with van der Waals surface area (Å²) in [6, 6.07) is 3.71. The first kappa shape index (κ1) is 18.9. The Morgan fingerprint density at radius 3 is 2.48 bits per heavy atom. The standard InChI is InChI=1S/C15H20ClN3O4/c1-8(2)13(17)14(21)18-7-12(20)19-9-4-5-10(11(16)6-9)15(22)23-3/h4-6,8,13H,7,17H2,1-3H3,(H,18,21)(H,19,20)/t13-/m0/s1. The van der Waals surface area contributed by atoms with Crippen LogP contribution in [0.15, 0.2) is 18.2 Å². The average molecular weight is 342 g/mol. The van der Waals surface area contributed by atoms with Crippen molar-refractivity contribution in [1.29, 1.82) is 0 Å². The normalized spacial score (nSPS) is 11.7. The summed E-state index contributed by atoms with van der Waals surface area (Å²) in [7, 11) is 1.25. The summed E-state index contributed by atoms with van der Waals surface area (Å²) in [5.41, 5.74) is 6.27. The van der Waals surface area contributed by atoms with Crippen molar-refractivity contribution >= 4 is 35.1 Å². The van der Waals surface area contributed by atoms with Crippen molar-refractivity contribution in [3.63, 3.8) is 0 Å². The molecule has 0 aromatic heterocycles. The van der Waals surface area contributed by atoms with Crippen LogP contribution < -0.4 is 16.4 Å². The Balaban J connectivity index is 2.60. The lowest BCUT2D eigenvalue weighted by molar-refractivity contribution is -0.125. The number of nitrogens with two attached hydrogens (primary N) is 1. The molecule has 0 spiro atoms. The third-order valence-corrected chi connectivity index (χ3v) is 3.42. The Labute approximate surface area is 139 Å². The molecular weight excluding hydrogens is 322 g/mol. The van der Waals surface area contributed by atoms with E-state index in [0.717, 1.165) is 0 Å². The molecule has 0 heterocycles. The summed E-state index contributed by atoms with van der Waals surface area (Å²) in [6.07, 6.45) is 0. The Hall–Kier alpha value is -2.12. The first-order valence-corrected chi connectivity index (χ1v) is 7.35. The topological polar surface area (TPSA) is 111 Å². The van der Waals surface area contributed by atoms with Crippen LogP contribution in [0.5, 0.6) is 0 Å². The zero-order valence-electron chi connectivity index (χ0n) is 13.2. The molecule has 8 heteroatoms. The van der Waals surface area contributed by atoms with Gasteiger partial charge in [0, 0.05) is 5.69 Å². The third-order valence-electron chi connectivity index (χ3n) is 3.10. The zero-order chi connectivity index (χ0) is 17.6. The molecule has 7 nitrogen and oxygen atoms in total. The molecule has 0 bridgehead atoms. The highest BCUT2D eigenvalue weighted by Gasteiger charge is 2.18. The van der Waals surface area contributed by atoms with Gasteiger partial charge in [0.25, 0.3) is 0 Å². The van der Waals surface area contributed by atoms with Gasteiger partial charge in [-0.3, -0.25) is 9.59 Å². The van der Waals surface area contributed by atoms with Crippen LogP contribution in [0.1, 0.15) is 24.2 Å². The van der Waals surface area contributed by atoms with Gasteiger partial charge in [0.2, 0.25) is 11.8 Å². The van der Waals surface area contributed by atoms with E-state index in [4.69, 9.17) is 17.3 Å². The van der Waals surface area contributed by atoms with E-state index >= 15 is 0 Å². The van der Waals surface area contributed by atoms with Crippen molar-refractivity contribution in [3.8, 4) is 0 Å². The minimum absolute atomic E-state index is 0.0252. The molecule has 0 radical (unpaired) electrons. The fourth-order valence-corrected chi connectivity index (χ4v) is 1.92. The summed E-state index contributed by atoms with van der Waals surface area (Å²) in [4.78, 5) is 34.9. The predicted molar refractivity (Wildman–Crippen MR) is 87.2 cm³/mol. The number of halogens is 1. The van der Waals surface area contributed by atoms with E-state index in [9.17, 15) is 14.4 Å². The number of carbonyl (C=O) groups is 3. The lowest BCUT2D eigenvalue weighted by atomic mass is 10.1. The van der Waals surface area contributed by atoms with Crippen molar-refractivity contribution in [2.45, 2.75) is 19.9 Å². The molecule has 1 atom stereocenters. The minimum atomic E-state index is -0.670. The van der Waals surface area contributed by atoms with E-state index < -0.39 is 23.8 Å². The molecule has 1 rings (SSSR count). The van der Waals surface area contributed by atoms with E-state index in [0.29, 0.717) is 5.69 Å². The molecule has 4 N–H and O–H groups in total. The van der Waals surface area contributed by atoms with Gasteiger partial charge in [-0.05, 0) is 24.1 Å². The number of rotatable bonds is 6. The molecule has 0 saturated carbocycles. The Morgan fingerprint density at radius 1 is 1.30 bits per heavy atom. The van der Waals surface area contributed by atoms with Crippen molar-refractivity contribution in [1.82, 2.24) is 5.32 Å². The monoisotopic (exact) mass is 341 g/mol. The molecule has 1 aromatic carbocycles. The summed E-state index contributed by atoms with van der Waals surface area (Å²) in [5.74, 6) is -1.42. The van der Waals surface area contributed by atoms with Crippen molar-refractivity contribution in [2.24, 2.45) is 11.7 Å². The Kier molecular flexibility index (Phi) is 6.99. The fraction of sp³-hybridized carbons (Fsp3) is 0.400. The summed E-state index contributed by atoms with van der Waals surface area (Å²) < 4.78 is 4.57. The van der Waals surface area contributed by atoms with Crippen molar-refractivity contribution in [2.75, 3.05) is 19.0 Å². The van der Waals surface area contributed by atoms with Gasteiger partial charge in [-0.15, -0.1) is 0 Å². The average Bonchev–Trinajstić information content (AvgIpc) is 2.51. The maximum absolute atomic E-state index is 11.8. The number of carbonyl (C=O) groups excluding carboxylic acids is 3. The predicted octanol–water partition coefficient (Wildman–Crippen LogP) is 1.16. The number of ether oxygens (including phenoxy) is 1. The Morgan fingerprint density at radius 2 is 1.96 bits per heavy atom. The number of hydrogen-bond acceptors (Lipinski definition) is 5. The number of anilines is 1. The molecule has 0 unspecified atom stereocenters. The second kappa shape index (κ2) is 8.50. The van der Waals surface area contributed by atoms with Crippen LogP contribution in [0.4, 0.5) is 5.69 Å². The lowest BCUT2D eigenvalue weighted by Gasteiger charge is -2.15. The quantitative estimate of drug-likeness (QED) is 0.672. The first-order chi connectivity index (χ1) is 10.8. The zero-order valence-corrected chi connectivity index (χ0v) is 13.9. The van der Waals surface area contributed by atoms with Gasteiger partial charge in [0.15, 0.2) is 0 Å². The van der Waals surface area contributed by atoms with Crippen LogP contribution in [-0.4, -0.2) is 37.5 Å². The Bertz CT molecular complexity index is 604. The van der Waals surface area contributed by atoms with Gasteiger partial charge in [0.05, 0.1) is 30.3 Å². The van der Waals surface area contributed by atoms with Crippen LogP contribution >= 0.6 is 11.6 Å². The second-order valence-electron chi connectivity index (χ2n) is 5.22. The maximum Gasteiger partial charge on any atom is 0.339 e. The largest absolute Gasteiger partial charge is 0.465 e. The van der Waals surface area contributed by atoms with Crippen LogP contribution in [-0.2, 0) is 14.3 Å². The molecule has 0 fully saturated rings. The van der Waals surface area contributed by atoms with Crippen LogP contribution in [0.3, 0.4) is 0 Å². The van der Waals surface area contributed by atoms with Crippen molar-refractivity contribution < 1.29 is 19.1 Å². The van der Waals surface area contributed by atoms with Crippen LogP contribution in [0.25, 0.3) is 0 Å². The van der Waals surface area contributed by atoms with E-state index in [1.807, 2.05) is 13.8 Å². The van der Waals surface area contributed by atoms with Gasteiger partial charge < -0.3 is 21.1 Å². The van der Waals surface area contributed by atoms with Crippen LogP contribution in [0.2, 0.25) is 5.02 Å². The van der Waals surface area contributed by atoms with Gasteiger partial charge >= 0.3 is 5.97 Å². The van der Waals surface area contributed by atoms with Gasteiger partial charge in [-0.2, -0.15) is 0 Å². The SMILES string of the molecule is COC(=O)c1ccc(NC(=O)CNC(=O)[C@@H](N)C(C)C)cc1Cl. The molecular formula is C15H20ClN3O4. The fourth-order valence-electron chi connectivity index (χ4n) is 1.66. The summed E-state index contributed by atoms with van der Waals surface area (Å²) in [5, 5.41) is 5.17. The molecule has 126 valence electrons. The highest BCUT2D eigenvalue weighted by Crippen LogP contribution is 2.21. The smallest absolute Gasteiger partial charge is 0.339 e. The number of methoxy groups -OCH3 is 1. The number of amides is 2. The highest BCUT2D eigenvalue weighted by atomic mass is 35.5. The maximum atomic E-state index is 11.8. The highest BCUT2D eigenvalue weighted by molar-refractivity contribution is 6.34. The number of hydrogen-bond donors (Lipinski definition) is 3. The molecule has 0 aliphatic heterocycles. The summed E-state index contributed by atoms with van der Waals surface area (Å²) in [6.45, 7) is 3.42. The van der Waals surface area contributed by atoms with E-state index in [2.05, 4.69) is 15.4 Å². The minimum Gasteiger partial charge on any atom is -0.465 e. The van der Waals surface area contributed by atoms with Crippen molar-refractivity contribution in [3.05, 3.63) is 28.8 Å². The number of benzene rings is 1. The first-order valence-electron chi connectivity index (χ1n) is 6.97. The number of nitrogens with one attached hydrogen (secondary N) is 2. The van der Waals surface area contributed by atoms with Gasteiger partial charge in [-0.1, -0.05) is 25.4 Å². The molecule has 2 amide bonds. The van der Waals surface area contributed by atoms with Gasteiger partial charge in [-0.25, -0.2) is 4.79 Å².